The number of benzene rings is 1. The van der Waals surface area contributed by atoms with Gasteiger partial charge in [0.25, 0.3) is 0 Å². The lowest BCUT2D eigenvalue weighted by Crippen LogP contribution is -1.98. The van der Waals surface area contributed by atoms with Crippen molar-refractivity contribution in [1.82, 2.24) is 4.98 Å². The van der Waals surface area contributed by atoms with Gasteiger partial charge in [-0.05, 0) is 23.1 Å². The Morgan fingerprint density at radius 3 is 2.44 bits per heavy atom. The van der Waals surface area contributed by atoms with Crippen molar-refractivity contribution in [2.24, 2.45) is 0 Å². The third-order valence-electron chi connectivity index (χ3n) is 2.72. The van der Waals surface area contributed by atoms with Crippen LogP contribution < -0.4 is 4.74 Å². The molecule has 1 aromatic carbocycles. The lowest BCUT2D eigenvalue weighted by atomic mass is 10.0. The van der Waals surface area contributed by atoms with E-state index in [2.05, 4.69) is 31.0 Å². The van der Waals surface area contributed by atoms with Crippen LogP contribution in [0.5, 0.6) is 5.88 Å². The van der Waals surface area contributed by atoms with E-state index in [0.29, 0.717) is 18.4 Å². The minimum Gasteiger partial charge on any atom is -0.473 e. The quantitative estimate of drug-likeness (QED) is 0.761. The van der Waals surface area contributed by atoms with Crippen LogP contribution in [-0.4, -0.2) is 4.98 Å². The summed E-state index contributed by atoms with van der Waals surface area (Å²) in [5, 5.41) is 0. The normalized spacial score (nSPS) is 10.7. The SMILES string of the molecule is CC(C)c1ccc(COc2cccc(F)n2)cc1. The number of ether oxygens (including phenoxy) is 1. The molecular weight excluding hydrogens is 229 g/mol. The first-order chi connectivity index (χ1) is 8.65. The van der Waals surface area contributed by atoms with Crippen molar-refractivity contribution in [3.63, 3.8) is 0 Å². The minimum atomic E-state index is -0.525. The summed E-state index contributed by atoms with van der Waals surface area (Å²) in [7, 11) is 0. The number of halogens is 1. The van der Waals surface area contributed by atoms with Gasteiger partial charge < -0.3 is 4.74 Å². The summed E-state index contributed by atoms with van der Waals surface area (Å²) < 4.78 is 18.3. The van der Waals surface area contributed by atoms with Gasteiger partial charge in [-0.25, -0.2) is 0 Å². The molecule has 0 N–H and O–H groups in total. The van der Waals surface area contributed by atoms with Crippen LogP contribution in [0, 0.1) is 5.95 Å². The highest BCUT2D eigenvalue weighted by molar-refractivity contribution is 5.24. The topological polar surface area (TPSA) is 22.1 Å². The zero-order valence-electron chi connectivity index (χ0n) is 10.6. The number of rotatable bonds is 4. The van der Waals surface area contributed by atoms with Crippen LogP contribution in [-0.2, 0) is 6.61 Å². The van der Waals surface area contributed by atoms with Crippen LogP contribution in [0.3, 0.4) is 0 Å². The molecule has 1 heterocycles. The molecule has 0 saturated carbocycles. The van der Waals surface area contributed by atoms with Crippen molar-refractivity contribution in [1.29, 1.82) is 0 Å². The highest BCUT2D eigenvalue weighted by Gasteiger charge is 2.01. The Morgan fingerprint density at radius 2 is 1.83 bits per heavy atom. The standard InChI is InChI=1S/C15H16FNO/c1-11(2)13-8-6-12(7-9-13)10-18-15-5-3-4-14(16)17-15/h3-9,11H,10H2,1-2H3. The Bertz CT molecular complexity index is 508. The van der Waals surface area contributed by atoms with Crippen molar-refractivity contribution in [3.05, 3.63) is 59.5 Å². The van der Waals surface area contributed by atoms with Crippen molar-refractivity contribution >= 4 is 0 Å². The zero-order valence-corrected chi connectivity index (χ0v) is 10.6. The maximum atomic E-state index is 12.8. The molecule has 18 heavy (non-hydrogen) atoms. The van der Waals surface area contributed by atoms with Gasteiger partial charge in [-0.2, -0.15) is 9.37 Å². The van der Waals surface area contributed by atoms with E-state index in [1.165, 1.54) is 11.6 Å². The van der Waals surface area contributed by atoms with E-state index in [4.69, 9.17) is 4.74 Å². The summed E-state index contributed by atoms with van der Waals surface area (Å²) >= 11 is 0. The Kier molecular flexibility index (Phi) is 3.92. The first-order valence-electron chi connectivity index (χ1n) is 5.99. The molecular formula is C15H16FNO. The maximum absolute atomic E-state index is 12.8. The number of hydrogen-bond donors (Lipinski definition) is 0. The summed E-state index contributed by atoms with van der Waals surface area (Å²) in [5.74, 6) is 0.301. The van der Waals surface area contributed by atoms with Gasteiger partial charge in [0, 0.05) is 6.07 Å². The number of nitrogens with zero attached hydrogens (tertiary/aromatic N) is 1. The number of pyridine rings is 1. The fourth-order valence-electron chi connectivity index (χ4n) is 1.63. The molecule has 3 heteroatoms. The van der Waals surface area contributed by atoms with Gasteiger partial charge in [0.15, 0.2) is 0 Å². The molecule has 2 rings (SSSR count). The second-order valence-corrected chi connectivity index (χ2v) is 4.48. The summed E-state index contributed by atoms with van der Waals surface area (Å²) in [6, 6.07) is 12.7. The number of hydrogen-bond acceptors (Lipinski definition) is 2. The van der Waals surface area contributed by atoms with E-state index in [1.807, 2.05) is 12.1 Å². The fraction of sp³-hybridized carbons (Fsp3) is 0.267. The molecule has 0 aliphatic rings. The summed E-state index contributed by atoms with van der Waals surface area (Å²) in [6.07, 6.45) is 0. The molecule has 0 spiro atoms. The molecule has 1 aromatic heterocycles. The average molecular weight is 245 g/mol. The Labute approximate surface area is 106 Å². The van der Waals surface area contributed by atoms with E-state index >= 15 is 0 Å². The third kappa shape index (κ3) is 3.29. The number of aromatic nitrogens is 1. The largest absolute Gasteiger partial charge is 0.473 e. The molecule has 0 amide bonds. The minimum absolute atomic E-state index is 0.308. The molecule has 0 radical (unpaired) electrons. The molecule has 0 saturated heterocycles. The monoisotopic (exact) mass is 245 g/mol. The first-order valence-corrected chi connectivity index (χ1v) is 5.99. The maximum Gasteiger partial charge on any atom is 0.216 e. The predicted molar refractivity (Wildman–Crippen MR) is 69.1 cm³/mol. The Balaban J connectivity index is 1.98. The van der Waals surface area contributed by atoms with Crippen LogP contribution in [0.4, 0.5) is 4.39 Å². The molecule has 0 bridgehead atoms. The van der Waals surface area contributed by atoms with Crippen molar-refractivity contribution < 1.29 is 9.13 Å². The molecule has 2 nitrogen and oxygen atoms in total. The van der Waals surface area contributed by atoms with Crippen LogP contribution in [0.1, 0.15) is 30.9 Å². The van der Waals surface area contributed by atoms with E-state index in [1.54, 1.807) is 12.1 Å². The summed E-state index contributed by atoms with van der Waals surface area (Å²) in [4.78, 5) is 3.65. The van der Waals surface area contributed by atoms with Gasteiger partial charge in [0.2, 0.25) is 11.8 Å². The molecule has 0 aliphatic carbocycles. The van der Waals surface area contributed by atoms with E-state index in [0.717, 1.165) is 5.56 Å². The smallest absolute Gasteiger partial charge is 0.216 e. The van der Waals surface area contributed by atoms with E-state index in [-0.39, 0.29) is 0 Å². The Hall–Kier alpha value is -1.90. The van der Waals surface area contributed by atoms with Crippen molar-refractivity contribution in [2.45, 2.75) is 26.4 Å². The van der Waals surface area contributed by atoms with Crippen LogP contribution >= 0.6 is 0 Å². The van der Waals surface area contributed by atoms with Crippen LogP contribution in [0.15, 0.2) is 42.5 Å². The highest BCUT2D eigenvalue weighted by Crippen LogP contribution is 2.16. The van der Waals surface area contributed by atoms with E-state index in [9.17, 15) is 4.39 Å². The molecule has 0 fully saturated rings. The van der Waals surface area contributed by atoms with Gasteiger partial charge in [-0.3, -0.25) is 0 Å². The first kappa shape index (κ1) is 12.6. The average Bonchev–Trinajstić information content (AvgIpc) is 2.37. The van der Waals surface area contributed by atoms with Gasteiger partial charge >= 0.3 is 0 Å². The second-order valence-electron chi connectivity index (χ2n) is 4.48. The summed E-state index contributed by atoms with van der Waals surface area (Å²) in [5.41, 5.74) is 2.34. The lowest BCUT2D eigenvalue weighted by molar-refractivity contribution is 0.289. The van der Waals surface area contributed by atoms with Gasteiger partial charge in [0.05, 0.1) is 0 Å². The molecule has 94 valence electrons. The molecule has 0 aliphatic heterocycles. The van der Waals surface area contributed by atoms with Crippen molar-refractivity contribution in [3.8, 4) is 5.88 Å². The van der Waals surface area contributed by atoms with E-state index < -0.39 is 5.95 Å². The fourth-order valence-corrected chi connectivity index (χ4v) is 1.63. The second kappa shape index (κ2) is 5.63. The lowest BCUT2D eigenvalue weighted by Gasteiger charge is -2.08. The van der Waals surface area contributed by atoms with Crippen molar-refractivity contribution in [2.75, 3.05) is 0 Å². The highest BCUT2D eigenvalue weighted by atomic mass is 19.1. The predicted octanol–water partition coefficient (Wildman–Crippen LogP) is 3.92. The molecule has 0 unspecified atom stereocenters. The zero-order chi connectivity index (χ0) is 13.0. The van der Waals surface area contributed by atoms with Gasteiger partial charge in [-0.1, -0.05) is 44.2 Å². The van der Waals surface area contributed by atoms with Gasteiger partial charge in [0.1, 0.15) is 6.61 Å². The third-order valence-corrected chi connectivity index (χ3v) is 2.72. The van der Waals surface area contributed by atoms with Crippen LogP contribution in [0.2, 0.25) is 0 Å². The van der Waals surface area contributed by atoms with Crippen LogP contribution in [0.25, 0.3) is 0 Å². The van der Waals surface area contributed by atoms with Gasteiger partial charge in [-0.15, -0.1) is 0 Å². The molecule has 0 atom stereocenters. The molecule has 2 aromatic rings. The Morgan fingerprint density at radius 1 is 1.11 bits per heavy atom. The summed E-state index contributed by atoms with van der Waals surface area (Å²) in [6.45, 7) is 4.71.